The van der Waals surface area contributed by atoms with Crippen LogP contribution in [0.4, 0.5) is 5.82 Å². The zero-order chi connectivity index (χ0) is 11.4. The molecule has 2 heterocycles. The highest BCUT2D eigenvalue weighted by Gasteiger charge is 2.08. The molecule has 0 amide bonds. The Morgan fingerprint density at radius 1 is 1.44 bits per heavy atom. The number of anilines is 1. The van der Waals surface area contributed by atoms with Crippen molar-refractivity contribution < 1.29 is 4.42 Å². The average Bonchev–Trinajstić information content (AvgIpc) is 2.83. The third-order valence-corrected chi connectivity index (χ3v) is 2.42. The fourth-order valence-electron chi connectivity index (χ4n) is 1.50. The van der Waals surface area contributed by atoms with E-state index in [0.717, 1.165) is 23.7 Å². The van der Waals surface area contributed by atoms with Crippen molar-refractivity contribution in [2.24, 2.45) is 0 Å². The van der Waals surface area contributed by atoms with Crippen LogP contribution in [0, 0.1) is 0 Å². The highest BCUT2D eigenvalue weighted by molar-refractivity contribution is 5.37. The summed E-state index contributed by atoms with van der Waals surface area (Å²) in [6.45, 7) is 4.11. The first-order valence-electron chi connectivity index (χ1n) is 5.40. The van der Waals surface area contributed by atoms with Crippen molar-refractivity contribution in [1.29, 1.82) is 0 Å². The maximum Gasteiger partial charge on any atom is 0.130 e. The third-order valence-electron chi connectivity index (χ3n) is 2.42. The molecule has 1 atom stereocenters. The van der Waals surface area contributed by atoms with E-state index in [1.54, 1.807) is 12.6 Å². The van der Waals surface area contributed by atoms with Crippen LogP contribution in [-0.4, -0.2) is 9.97 Å². The summed E-state index contributed by atoms with van der Waals surface area (Å²) in [5.41, 5.74) is 1.03. The molecule has 0 fully saturated rings. The van der Waals surface area contributed by atoms with Crippen LogP contribution >= 0.6 is 0 Å². The van der Waals surface area contributed by atoms with Crippen LogP contribution in [0.5, 0.6) is 0 Å². The lowest BCUT2D eigenvalue weighted by atomic mass is 10.2. The molecular formula is C12H15N3O. The molecule has 0 saturated heterocycles. The minimum Gasteiger partial charge on any atom is -0.467 e. The van der Waals surface area contributed by atoms with Crippen molar-refractivity contribution >= 4 is 5.82 Å². The van der Waals surface area contributed by atoms with Crippen LogP contribution in [0.3, 0.4) is 0 Å². The Morgan fingerprint density at radius 2 is 2.31 bits per heavy atom. The van der Waals surface area contributed by atoms with Gasteiger partial charge >= 0.3 is 0 Å². The Morgan fingerprint density at radius 3 is 3.00 bits per heavy atom. The van der Waals surface area contributed by atoms with E-state index in [1.807, 2.05) is 25.1 Å². The predicted molar refractivity (Wildman–Crippen MR) is 62.2 cm³/mol. The first-order valence-corrected chi connectivity index (χ1v) is 5.40. The molecular weight excluding hydrogens is 202 g/mol. The Labute approximate surface area is 94.7 Å². The SMILES string of the molecule is CCc1cc(NC(C)c2ccco2)ncn1. The van der Waals surface area contributed by atoms with E-state index < -0.39 is 0 Å². The van der Waals surface area contributed by atoms with Crippen LogP contribution in [0.2, 0.25) is 0 Å². The van der Waals surface area contributed by atoms with E-state index >= 15 is 0 Å². The molecule has 0 bridgehead atoms. The second kappa shape index (κ2) is 4.79. The predicted octanol–water partition coefficient (Wildman–Crippen LogP) is 2.81. The summed E-state index contributed by atoms with van der Waals surface area (Å²) in [7, 11) is 0. The minimum atomic E-state index is 0.106. The summed E-state index contributed by atoms with van der Waals surface area (Å²) in [6.07, 6.45) is 4.16. The Hall–Kier alpha value is -1.84. The van der Waals surface area contributed by atoms with Crippen molar-refractivity contribution in [2.45, 2.75) is 26.3 Å². The number of nitrogens with zero attached hydrogens (tertiary/aromatic N) is 2. The second-order valence-corrected chi connectivity index (χ2v) is 3.63. The molecule has 1 N–H and O–H groups in total. The number of nitrogens with one attached hydrogen (secondary N) is 1. The number of rotatable bonds is 4. The lowest BCUT2D eigenvalue weighted by Crippen LogP contribution is -2.07. The van der Waals surface area contributed by atoms with Crippen LogP contribution in [0.1, 0.15) is 31.3 Å². The largest absolute Gasteiger partial charge is 0.467 e. The van der Waals surface area contributed by atoms with Crippen LogP contribution in [0.25, 0.3) is 0 Å². The highest BCUT2D eigenvalue weighted by atomic mass is 16.3. The van der Waals surface area contributed by atoms with Gasteiger partial charge in [0.25, 0.3) is 0 Å². The second-order valence-electron chi connectivity index (χ2n) is 3.63. The summed E-state index contributed by atoms with van der Waals surface area (Å²) in [5, 5.41) is 3.27. The fraction of sp³-hybridized carbons (Fsp3) is 0.333. The molecule has 4 nitrogen and oxygen atoms in total. The van der Waals surface area contributed by atoms with E-state index in [2.05, 4.69) is 22.2 Å². The van der Waals surface area contributed by atoms with Crippen molar-refractivity contribution in [3.05, 3.63) is 42.2 Å². The number of furan rings is 1. The van der Waals surface area contributed by atoms with Gasteiger partial charge in [0.1, 0.15) is 17.9 Å². The van der Waals surface area contributed by atoms with Gasteiger partial charge < -0.3 is 9.73 Å². The molecule has 4 heteroatoms. The Kier molecular flexibility index (Phi) is 3.19. The van der Waals surface area contributed by atoms with Gasteiger partial charge in [-0.1, -0.05) is 6.92 Å². The molecule has 1 unspecified atom stereocenters. The first-order chi connectivity index (χ1) is 7.79. The van der Waals surface area contributed by atoms with Crippen molar-refractivity contribution in [2.75, 3.05) is 5.32 Å². The maximum absolute atomic E-state index is 5.32. The highest BCUT2D eigenvalue weighted by Crippen LogP contribution is 2.17. The normalized spacial score (nSPS) is 12.4. The van der Waals surface area contributed by atoms with Gasteiger partial charge in [-0.05, 0) is 25.5 Å². The minimum absolute atomic E-state index is 0.106. The Bertz CT molecular complexity index is 439. The molecule has 16 heavy (non-hydrogen) atoms. The lowest BCUT2D eigenvalue weighted by molar-refractivity contribution is 0.490. The summed E-state index contributed by atoms with van der Waals surface area (Å²) < 4.78 is 5.32. The van der Waals surface area contributed by atoms with Gasteiger partial charge in [-0.15, -0.1) is 0 Å². The molecule has 0 aliphatic carbocycles. The molecule has 84 valence electrons. The monoisotopic (exact) mass is 217 g/mol. The van der Waals surface area contributed by atoms with Crippen LogP contribution in [0.15, 0.2) is 35.2 Å². The van der Waals surface area contributed by atoms with Crippen LogP contribution < -0.4 is 5.32 Å². The standard InChI is InChI=1S/C12H15N3O/c1-3-10-7-12(14-8-13-10)15-9(2)11-5-4-6-16-11/h4-9H,3H2,1-2H3,(H,13,14,15). The van der Waals surface area contributed by atoms with Crippen molar-refractivity contribution in [3.63, 3.8) is 0 Å². The van der Waals surface area contributed by atoms with Gasteiger partial charge in [-0.25, -0.2) is 9.97 Å². The maximum atomic E-state index is 5.32. The summed E-state index contributed by atoms with van der Waals surface area (Å²) in [5.74, 6) is 1.73. The number of hydrogen-bond donors (Lipinski definition) is 1. The Balaban J connectivity index is 2.08. The van der Waals surface area contributed by atoms with E-state index in [0.29, 0.717) is 0 Å². The van der Waals surface area contributed by atoms with Crippen molar-refractivity contribution in [3.8, 4) is 0 Å². The molecule has 0 radical (unpaired) electrons. The number of aryl methyl sites for hydroxylation is 1. The first kappa shape index (κ1) is 10.7. The molecule has 0 saturated carbocycles. The number of aromatic nitrogens is 2. The molecule has 2 aromatic heterocycles. The summed E-state index contributed by atoms with van der Waals surface area (Å²) >= 11 is 0. The molecule has 0 spiro atoms. The molecule has 0 aromatic carbocycles. The average molecular weight is 217 g/mol. The van der Waals surface area contributed by atoms with E-state index in [9.17, 15) is 0 Å². The van der Waals surface area contributed by atoms with Gasteiger partial charge in [-0.2, -0.15) is 0 Å². The summed E-state index contributed by atoms with van der Waals surface area (Å²) in [6, 6.07) is 5.89. The zero-order valence-corrected chi connectivity index (χ0v) is 9.47. The van der Waals surface area contributed by atoms with E-state index in [1.165, 1.54) is 0 Å². The fourth-order valence-corrected chi connectivity index (χ4v) is 1.50. The van der Waals surface area contributed by atoms with Gasteiger partial charge in [0.05, 0.1) is 12.3 Å². The quantitative estimate of drug-likeness (QED) is 0.855. The van der Waals surface area contributed by atoms with Gasteiger partial charge in [0.2, 0.25) is 0 Å². The number of hydrogen-bond acceptors (Lipinski definition) is 4. The van der Waals surface area contributed by atoms with Gasteiger partial charge in [0, 0.05) is 11.8 Å². The van der Waals surface area contributed by atoms with E-state index in [4.69, 9.17) is 4.42 Å². The smallest absolute Gasteiger partial charge is 0.130 e. The third kappa shape index (κ3) is 2.39. The van der Waals surface area contributed by atoms with Crippen LogP contribution in [-0.2, 0) is 6.42 Å². The topological polar surface area (TPSA) is 51.0 Å². The summed E-state index contributed by atoms with van der Waals surface area (Å²) in [4.78, 5) is 8.33. The van der Waals surface area contributed by atoms with E-state index in [-0.39, 0.29) is 6.04 Å². The molecule has 2 aromatic rings. The zero-order valence-electron chi connectivity index (χ0n) is 9.47. The molecule has 0 aliphatic heterocycles. The molecule has 2 rings (SSSR count). The molecule has 0 aliphatic rings. The lowest BCUT2D eigenvalue weighted by Gasteiger charge is -2.12. The van der Waals surface area contributed by atoms with Crippen molar-refractivity contribution in [1.82, 2.24) is 9.97 Å². The van der Waals surface area contributed by atoms with Gasteiger partial charge in [0.15, 0.2) is 0 Å². The van der Waals surface area contributed by atoms with Gasteiger partial charge in [-0.3, -0.25) is 0 Å².